The lowest BCUT2D eigenvalue weighted by Crippen LogP contribution is -2.31. The van der Waals surface area contributed by atoms with Gasteiger partial charge >= 0.3 is 6.03 Å². The van der Waals surface area contributed by atoms with Crippen molar-refractivity contribution < 1.29 is 9.18 Å². The maximum atomic E-state index is 13.1. The Kier molecular flexibility index (Phi) is 5.12. The fourth-order valence-electron chi connectivity index (χ4n) is 1.88. The normalized spacial score (nSPS) is 9.91. The summed E-state index contributed by atoms with van der Waals surface area (Å²) in [5.41, 5.74) is 1.33. The van der Waals surface area contributed by atoms with Gasteiger partial charge in [-0.3, -0.25) is 0 Å². The monoisotopic (exact) mass is 361 g/mol. The van der Waals surface area contributed by atoms with Gasteiger partial charge in [0.25, 0.3) is 0 Å². The Morgan fingerprint density at radius 2 is 2.09 bits per heavy atom. The number of rotatable bonds is 3. The molecule has 4 nitrogen and oxygen atoms in total. The molecule has 2 rings (SSSR count). The molecule has 2 aromatic rings. The highest BCUT2D eigenvalue weighted by atomic mass is 79.9. The smallest absolute Gasteiger partial charge is 0.321 e. The molecule has 1 N–H and O–H groups in total. The summed E-state index contributed by atoms with van der Waals surface area (Å²) >= 11 is 3.43. The van der Waals surface area contributed by atoms with Gasteiger partial charge in [-0.25, -0.2) is 9.18 Å². The maximum Gasteiger partial charge on any atom is 0.321 e. The van der Waals surface area contributed by atoms with Gasteiger partial charge in [0.05, 0.1) is 11.3 Å². The zero-order valence-corrected chi connectivity index (χ0v) is 13.4. The fourth-order valence-corrected chi connectivity index (χ4v) is 2.29. The van der Waals surface area contributed by atoms with Crippen LogP contribution in [0.2, 0.25) is 0 Å². The largest absolute Gasteiger partial charge is 0.323 e. The quantitative estimate of drug-likeness (QED) is 0.893. The summed E-state index contributed by atoms with van der Waals surface area (Å²) in [4.78, 5) is 13.7. The minimum absolute atomic E-state index is 0.0858. The Labute approximate surface area is 136 Å². The Balaban J connectivity index is 2.09. The number of nitriles is 1. The number of carbonyl (C=O) groups is 1. The van der Waals surface area contributed by atoms with Gasteiger partial charge in [-0.2, -0.15) is 5.26 Å². The number of halogens is 2. The van der Waals surface area contributed by atoms with E-state index in [0.717, 1.165) is 16.1 Å². The lowest BCUT2D eigenvalue weighted by Gasteiger charge is -2.19. The van der Waals surface area contributed by atoms with Crippen molar-refractivity contribution in [3.63, 3.8) is 0 Å². The van der Waals surface area contributed by atoms with E-state index in [2.05, 4.69) is 21.2 Å². The average molecular weight is 362 g/mol. The molecule has 0 aliphatic carbocycles. The summed E-state index contributed by atoms with van der Waals surface area (Å²) < 4.78 is 14.0. The first-order valence-electron chi connectivity index (χ1n) is 6.46. The van der Waals surface area contributed by atoms with Crippen molar-refractivity contribution in [1.82, 2.24) is 4.90 Å². The molecule has 0 radical (unpaired) electrons. The summed E-state index contributed by atoms with van der Waals surface area (Å²) in [7, 11) is 1.64. The van der Waals surface area contributed by atoms with Gasteiger partial charge in [-0.1, -0.05) is 34.1 Å². The van der Waals surface area contributed by atoms with Gasteiger partial charge in [0.15, 0.2) is 0 Å². The van der Waals surface area contributed by atoms with Crippen molar-refractivity contribution in [2.24, 2.45) is 0 Å². The predicted molar refractivity (Wildman–Crippen MR) is 85.7 cm³/mol. The third-order valence-electron chi connectivity index (χ3n) is 3.06. The van der Waals surface area contributed by atoms with Gasteiger partial charge in [-0.15, -0.1) is 0 Å². The van der Waals surface area contributed by atoms with Crippen LogP contribution in [0.5, 0.6) is 0 Å². The second kappa shape index (κ2) is 7.05. The Hall–Kier alpha value is -2.39. The van der Waals surface area contributed by atoms with E-state index in [1.807, 2.05) is 30.3 Å². The van der Waals surface area contributed by atoms with E-state index < -0.39 is 5.82 Å². The topological polar surface area (TPSA) is 56.1 Å². The molecule has 0 saturated carbocycles. The molecule has 22 heavy (non-hydrogen) atoms. The molecule has 0 atom stereocenters. The Morgan fingerprint density at radius 3 is 2.77 bits per heavy atom. The van der Waals surface area contributed by atoms with Crippen molar-refractivity contribution in [2.45, 2.75) is 6.54 Å². The number of benzene rings is 2. The van der Waals surface area contributed by atoms with E-state index >= 15 is 0 Å². The highest BCUT2D eigenvalue weighted by Gasteiger charge is 2.13. The SMILES string of the molecule is CN(Cc1ccccc1Br)C(=O)Nc1ccc(F)cc1C#N. The second-order valence-electron chi connectivity index (χ2n) is 4.68. The zero-order chi connectivity index (χ0) is 16.1. The van der Waals surface area contributed by atoms with Crippen LogP contribution in [-0.2, 0) is 6.54 Å². The first kappa shape index (κ1) is 16.0. The molecule has 0 aromatic heterocycles. The molecule has 0 heterocycles. The number of amides is 2. The van der Waals surface area contributed by atoms with Crippen molar-refractivity contribution in [3.8, 4) is 6.07 Å². The van der Waals surface area contributed by atoms with Crippen LogP contribution in [0, 0.1) is 17.1 Å². The maximum absolute atomic E-state index is 13.1. The summed E-state index contributed by atoms with van der Waals surface area (Å²) in [5, 5.41) is 11.6. The van der Waals surface area contributed by atoms with E-state index in [9.17, 15) is 9.18 Å². The molecule has 0 unspecified atom stereocenters. The molecular weight excluding hydrogens is 349 g/mol. The van der Waals surface area contributed by atoms with Crippen molar-refractivity contribution >= 4 is 27.6 Å². The fraction of sp³-hybridized carbons (Fsp3) is 0.125. The Morgan fingerprint density at radius 1 is 1.36 bits per heavy atom. The number of carbonyl (C=O) groups excluding carboxylic acids is 1. The number of urea groups is 1. The van der Waals surface area contributed by atoms with Gasteiger partial charge < -0.3 is 10.2 Å². The lowest BCUT2D eigenvalue weighted by atomic mass is 10.2. The van der Waals surface area contributed by atoms with Gasteiger partial charge in [0, 0.05) is 18.1 Å². The molecule has 0 spiro atoms. The minimum Gasteiger partial charge on any atom is -0.323 e. The first-order chi connectivity index (χ1) is 10.5. The molecule has 0 saturated heterocycles. The van der Waals surface area contributed by atoms with Crippen LogP contribution >= 0.6 is 15.9 Å². The van der Waals surface area contributed by atoms with Gasteiger partial charge in [-0.05, 0) is 29.8 Å². The summed E-state index contributed by atoms with van der Waals surface area (Å²) in [6, 6.07) is 12.7. The number of hydrogen-bond acceptors (Lipinski definition) is 2. The lowest BCUT2D eigenvalue weighted by molar-refractivity contribution is 0.220. The van der Waals surface area contributed by atoms with E-state index in [4.69, 9.17) is 5.26 Å². The number of hydrogen-bond donors (Lipinski definition) is 1. The van der Waals surface area contributed by atoms with Crippen LogP contribution in [0.1, 0.15) is 11.1 Å². The van der Waals surface area contributed by atoms with Crippen LogP contribution in [0.3, 0.4) is 0 Å². The highest BCUT2D eigenvalue weighted by molar-refractivity contribution is 9.10. The van der Waals surface area contributed by atoms with Crippen LogP contribution in [0.4, 0.5) is 14.9 Å². The molecule has 112 valence electrons. The minimum atomic E-state index is -0.517. The molecule has 6 heteroatoms. The molecular formula is C16H13BrFN3O. The summed E-state index contributed by atoms with van der Waals surface area (Å²) in [6.07, 6.45) is 0. The highest BCUT2D eigenvalue weighted by Crippen LogP contribution is 2.19. The summed E-state index contributed by atoms with van der Waals surface area (Å²) in [6.45, 7) is 0.399. The summed E-state index contributed by atoms with van der Waals surface area (Å²) in [5.74, 6) is -0.517. The average Bonchev–Trinajstić information content (AvgIpc) is 2.51. The second-order valence-corrected chi connectivity index (χ2v) is 5.53. The van der Waals surface area contributed by atoms with Gasteiger partial charge in [0.1, 0.15) is 11.9 Å². The van der Waals surface area contributed by atoms with E-state index in [-0.39, 0.29) is 17.3 Å². The molecule has 0 aliphatic rings. The number of nitrogens with one attached hydrogen (secondary N) is 1. The third kappa shape index (κ3) is 3.83. The standard InChI is InChI=1S/C16H13BrFN3O/c1-21(10-11-4-2-3-5-14(11)17)16(22)20-15-7-6-13(18)8-12(15)9-19/h2-8H,10H2,1H3,(H,20,22). The Bertz CT molecular complexity index is 742. The molecule has 2 amide bonds. The van der Waals surface area contributed by atoms with Crippen LogP contribution in [0.15, 0.2) is 46.9 Å². The third-order valence-corrected chi connectivity index (χ3v) is 3.83. The van der Waals surface area contributed by atoms with Crippen molar-refractivity contribution in [3.05, 3.63) is 63.9 Å². The van der Waals surface area contributed by atoms with Crippen molar-refractivity contribution in [2.75, 3.05) is 12.4 Å². The zero-order valence-electron chi connectivity index (χ0n) is 11.8. The van der Waals surface area contributed by atoms with Gasteiger partial charge in [0.2, 0.25) is 0 Å². The van der Waals surface area contributed by atoms with Crippen molar-refractivity contribution in [1.29, 1.82) is 5.26 Å². The van der Waals surface area contributed by atoms with Crippen LogP contribution in [0.25, 0.3) is 0 Å². The van der Waals surface area contributed by atoms with Crippen LogP contribution in [-0.4, -0.2) is 18.0 Å². The van der Waals surface area contributed by atoms with E-state index in [0.29, 0.717) is 6.54 Å². The van der Waals surface area contributed by atoms with Crippen LogP contribution < -0.4 is 5.32 Å². The van der Waals surface area contributed by atoms with E-state index in [1.165, 1.54) is 17.0 Å². The molecule has 0 bridgehead atoms. The molecule has 0 aliphatic heterocycles. The number of anilines is 1. The number of nitrogens with zero attached hydrogens (tertiary/aromatic N) is 2. The first-order valence-corrected chi connectivity index (χ1v) is 7.25. The van der Waals surface area contributed by atoms with E-state index in [1.54, 1.807) is 7.05 Å². The predicted octanol–water partition coefficient (Wildman–Crippen LogP) is 4.12. The molecule has 0 fully saturated rings. The molecule has 2 aromatic carbocycles.